The molecule has 0 saturated carbocycles. The maximum absolute atomic E-state index is 11.0. The number of benzene rings is 1. The van der Waals surface area contributed by atoms with Gasteiger partial charge in [0.15, 0.2) is 0 Å². The molecule has 1 atom stereocenters. The number of sulfone groups is 1. The number of hydrogen-bond donors (Lipinski definition) is 1. The lowest BCUT2D eigenvalue weighted by molar-refractivity contribution is 0.586. The van der Waals surface area contributed by atoms with Crippen molar-refractivity contribution in [1.29, 1.82) is 0 Å². The Hall–Kier alpha value is -0.390. The first kappa shape index (κ1) is 13.7. The number of rotatable bonds is 5. The van der Waals surface area contributed by atoms with Crippen LogP contribution in [-0.2, 0) is 16.3 Å². The van der Waals surface area contributed by atoms with E-state index in [0.717, 1.165) is 10.0 Å². The average Bonchev–Trinajstić information content (AvgIpc) is 2.14. The van der Waals surface area contributed by atoms with Gasteiger partial charge in [0.25, 0.3) is 0 Å². The smallest absolute Gasteiger partial charge is 0.147 e. The van der Waals surface area contributed by atoms with Crippen molar-refractivity contribution in [2.75, 3.05) is 12.0 Å². The minimum absolute atomic E-state index is 0.107. The van der Waals surface area contributed by atoms with Crippen LogP contribution in [0.15, 0.2) is 28.7 Å². The van der Waals surface area contributed by atoms with Crippen molar-refractivity contribution in [2.45, 2.75) is 18.9 Å². The predicted molar refractivity (Wildman–Crippen MR) is 70.1 cm³/mol. The molecule has 5 heteroatoms. The molecular weight excluding hydrogens is 290 g/mol. The van der Waals surface area contributed by atoms with Crippen LogP contribution in [0.4, 0.5) is 0 Å². The van der Waals surface area contributed by atoms with E-state index in [-0.39, 0.29) is 11.8 Å². The van der Waals surface area contributed by atoms with Crippen molar-refractivity contribution >= 4 is 25.8 Å². The van der Waals surface area contributed by atoms with E-state index in [4.69, 9.17) is 5.73 Å². The molecule has 1 unspecified atom stereocenters. The Morgan fingerprint density at radius 2 is 2.12 bits per heavy atom. The van der Waals surface area contributed by atoms with Crippen LogP contribution in [0.5, 0.6) is 0 Å². The monoisotopic (exact) mass is 305 g/mol. The third kappa shape index (κ3) is 5.63. The van der Waals surface area contributed by atoms with Crippen LogP contribution in [-0.4, -0.2) is 26.5 Å². The van der Waals surface area contributed by atoms with Gasteiger partial charge in [-0.2, -0.15) is 0 Å². The number of hydrogen-bond acceptors (Lipinski definition) is 3. The Morgan fingerprint density at radius 3 is 2.69 bits per heavy atom. The van der Waals surface area contributed by atoms with Crippen LogP contribution in [0.25, 0.3) is 0 Å². The summed E-state index contributed by atoms with van der Waals surface area (Å²) >= 11 is 3.39. The SMILES string of the molecule is CS(=O)(=O)CCC(N)Cc1cccc(Br)c1. The van der Waals surface area contributed by atoms with E-state index in [2.05, 4.69) is 15.9 Å². The van der Waals surface area contributed by atoms with Gasteiger partial charge in [-0.1, -0.05) is 28.1 Å². The highest BCUT2D eigenvalue weighted by molar-refractivity contribution is 9.10. The van der Waals surface area contributed by atoms with Crippen molar-refractivity contribution in [3.8, 4) is 0 Å². The molecule has 0 bridgehead atoms. The average molecular weight is 306 g/mol. The second-order valence-electron chi connectivity index (χ2n) is 4.01. The molecule has 2 N–H and O–H groups in total. The van der Waals surface area contributed by atoms with E-state index in [0.29, 0.717) is 12.8 Å². The third-order valence-corrected chi connectivity index (χ3v) is 3.72. The summed E-state index contributed by atoms with van der Waals surface area (Å²) in [5.41, 5.74) is 7.00. The topological polar surface area (TPSA) is 60.2 Å². The van der Waals surface area contributed by atoms with Crippen LogP contribution < -0.4 is 5.73 Å². The maximum Gasteiger partial charge on any atom is 0.147 e. The molecule has 1 aromatic carbocycles. The standard InChI is InChI=1S/C11H16BrNO2S/c1-16(14,15)6-5-11(13)8-9-3-2-4-10(12)7-9/h2-4,7,11H,5-6,8,13H2,1H3. The molecule has 1 aromatic rings. The Labute approximate surface area is 105 Å². The first-order chi connectivity index (χ1) is 7.37. The Morgan fingerprint density at radius 1 is 1.44 bits per heavy atom. The zero-order valence-corrected chi connectivity index (χ0v) is 11.6. The molecule has 0 fully saturated rings. The fourth-order valence-corrected chi connectivity index (χ4v) is 2.61. The van der Waals surface area contributed by atoms with Gasteiger partial charge >= 0.3 is 0 Å². The van der Waals surface area contributed by atoms with E-state index in [1.165, 1.54) is 6.26 Å². The summed E-state index contributed by atoms with van der Waals surface area (Å²) in [6, 6.07) is 7.78. The second kappa shape index (κ2) is 5.80. The Balaban J connectivity index is 2.49. The molecule has 0 radical (unpaired) electrons. The van der Waals surface area contributed by atoms with E-state index >= 15 is 0 Å². The highest BCUT2D eigenvalue weighted by Gasteiger charge is 2.09. The van der Waals surface area contributed by atoms with Gasteiger partial charge in [-0.15, -0.1) is 0 Å². The predicted octanol–water partition coefficient (Wildman–Crippen LogP) is 1.75. The van der Waals surface area contributed by atoms with E-state index < -0.39 is 9.84 Å². The number of halogens is 1. The highest BCUT2D eigenvalue weighted by atomic mass is 79.9. The highest BCUT2D eigenvalue weighted by Crippen LogP contribution is 2.13. The molecule has 0 amide bonds. The van der Waals surface area contributed by atoms with Gasteiger partial charge in [-0.25, -0.2) is 8.42 Å². The van der Waals surface area contributed by atoms with Crippen LogP contribution in [0.3, 0.4) is 0 Å². The first-order valence-electron chi connectivity index (χ1n) is 5.04. The summed E-state index contributed by atoms with van der Waals surface area (Å²) in [7, 11) is -2.91. The second-order valence-corrected chi connectivity index (χ2v) is 7.19. The van der Waals surface area contributed by atoms with Crippen molar-refractivity contribution in [3.63, 3.8) is 0 Å². The number of nitrogens with two attached hydrogens (primary N) is 1. The van der Waals surface area contributed by atoms with Crippen LogP contribution in [0, 0.1) is 0 Å². The van der Waals surface area contributed by atoms with Crippen molar-refractivity contribution in [3.05, 3.63) is 34.3 Å². The maximum atomic E-state index is 11.0. The zero-order chi connectivity index (χ0) is 12.2. The minimum Gasteiger partial charge on any atom is -0.327 e. The van der Waals surface area contributed by atoms with Gasteiger partial charge in [0.05, 0.1) is 5.75 Å². The molecule has 0 saturated heterocycles. The van der Waals surface area contributed by atoms with E-state index in [1.54, 1.807) is 0 Å². The quantitative estimate of drug-likeness (QED) is 0.901. The van der Waals surface area contributed by atoms with Crippen molar-refractivity contribution < 1.29 is 8.42 Å². The van der Waals surface area contributed by atoms with Gasteiger partial charge < -0.3 is 5.73 Å². The summed E-state index contributed by atoms with van der Waals surface area (Å²) in [5.74, 6) is 0.155. The summed E-state index contributed by atoms with van der Waals surface area (Å²) in [4.78, 5) is 0. The van der Waals surface area contributed by atoms with E-state index in [1.807, 2.05) is 24.3 Å². The summed E-state index contributed by atoms with van der Waals surface area (Å²) in [5, 5.41) is 0. The fraction of sp³-hybridized carbons (Fsp3) is 0.455. The summed E-state index contributed by atoms with van der Waals surface area (Å²) < 4.78 is 23.0. The normalized spacial score (nSPS) is 13.7. The van der Waals surface area contributed by atoms with Gasteiger partial charge in [-0.05, 0) is 30.5 Å². The van der Waals surface area contributed by atoms with Crippen LogP contribution in [0.2, 0.25) is 0 Å². The van der Waals surface area contributed by atoms with Crippen LogP contribution >= 0.6 is 15.9 Å². The first-order valence-corrected chi connectivity index (χ1v) is 7.90. The molecule has 0 aliphatic carbocycles. The summed E-state index contributed by atoms with van der Waals surface area (Å²) in [6.07, 6.45) is 2.44. The lowest BCUT2D eigenvalue weighted by Gasteiger charge is -2.11. The van der Waals surface area contributed by atoms with Gasteiger partial charge in [0.2, 0.25) is 0 Å². The lowest BCUT2D eigenvalue weighted by atomic mass is 10.1. The minimum atomic E-state index is -2.91. The zero-order valence-electron chi connectivity index (χ0n) is 9.19. The lowest BCUT2D eigenvalue weighted by Crippen LogP contribution is -2.25. The van der Waals surface area contributed by atoms with Gasteiger partial charge in [0.1, 0.15) is 9.84 Å². The molecule has 1 rings (SSSR count). The Kier molecular flexibility index (Phi) is 4.95. The molecule has 90 valence electrons. The van der Waals surface area contributed by atoms with Crippen LogP contribution in [0.1, 0.15) is 12.0 Å². The molecule has 0 heterocycles. The third-order valence-electron chi connectivity index (χ3n) is 2.25. The van der Waals surface area contributed by atoms with Crippen molar-refractivity contribution in [2.24, 2.45) is 5.73 Å². The summed E-state index contributed by atoms with van der Waals surface area (Å²) in [6.45, 7) is 0. The molecule has 0 aliphatic heterocycles. The Bertz CT molecular complexity index is 445. The van der Waals surface area contributed by atoms with Gasteiger partial charge in [-0.3, -0.25) is 0 Å². The molecule has 0 aromatic heterocycles. The molecule has 0 aliphatic rings. The van der Waals surface area contributed by atoms with E-state index in [9.17, 15) is 8.42 Å². The largest absolute Gasteiger partial charge is 0.327 e. The molecular formula is C11H16BrNO2S. The molecule has 3 nitrogen and oxygen atoms in total. The fourth-order valence-electron chi connectivity index (χ4n) is 1.43. The van der Waals surface area contributed by atoms with Gasteiger partial charge in [0, 0.05) is 16.8 Å². The molecule has 16 heavy (non-hydrogen) atoms. The molecule has 0 spiro atoms. The van der Waals surface area contributed by atoms with Crippen molar-refractivity contribution in [1.82, 2.24) is 0 Å².